The predicted octanol–water partition coefficient (Wildman–Crippen LogP) is 2.72. The second kappa shape index (κ2) is 5.97. The third-order valence-corrected chi connectivity index (χ3v) is 3.16. The van der Waals surface area contributed by atoms with E-state index in [9.17, 15) is 4.39 Å². The molecule has 0 unspecified atom stereocenters. The molecule has 0 aliphatic carbocycles. The van der Waals surface area contributed by atoms with Crippen LogP contribution in [-0.4, -0.2) is 9.78 Å². The van der Waals surface area contributed by atoms with Crippen molar-refractivity contribution in [3.05, 3.63) is 52.6 Å². The average Bonchev–Trinajstić information content (AvgIpc) is 2.74. The first-order chi connectivity index (χ1) is 9.10. The maximum absolute atomic E-state index is 13.6. The monoisotopic (exact) mass is 261 g/mol. The lowest BCUT2D eigenvalue weighted by molar-refractivity contribution is 0.586. The van der Waals surface area contributed by atoms with Gasteiger partial charge in [0.2, 0.25) is 0 Å². The molecule has 1 heterocycles. The smallest absolute Gasteiger partial charge is 0.127 e. The third-order valence-electron chi connectivity index (χ3n) is 3.16. The Labute approximate surface area is 113 Å². The van der Waals surface area contributed by atoms with E-state index >= 15 is 0 Å². The molecule has 1 aromatic carbocycles. The van der Waals surface area contributed by atoms with Crippen molar-refractivity contribution in [1.29, 1.82) is 0 Å². The Hall–Kier alpha value is -1.68. The van der Waals surface area contributed by atoms with E-state index in [4.69, 9.17) is 0 Å². The number of rotatable bonds is 5. The van der Waals surface area contributed by atoms with Crippen molar-refractivity contribution in [3.63, 3.8) is 0 Å². The van der Waals surface area contributed by atoms with Gasteiger partial charge in [0.1, 0.15) is 5.82 Å². The quantitative estimate of drug-likeness (QED) is 0.897. The fraction of sp³-hybridized carbons (Fsp3) is 0.400. The summed E-state index contributed by atoms with van der Waals surface area (Å²) < 4.78 is 15.4. The van der Waals surface area contributed by atoms with Crippen LogP contribution in [0.2, 0.25) is 0 Å². The van der Waals surface area contributed by atoms with E-state index in [0.717, 1.165) is 17.7 Å². The minimum absolute atomic E-state index is 0.153. The fourth-order valence-electron chi connectivity index (χ4n) is 2.20. The van der Waals surface area contributed by atoms with Gasteiger partial charge in [-0.3, -0.25) is 4.68 Å². The van der Waals surface area contributed by atoms with Gasteiger partial charge in [-0.1, -0.05) is 24.6 Å². The van der Waals surface area contributed by atoms with Crippen LogP contribution in [-0.2, 0) is 26.6 Å². The number of hydrogen-bond acceptors (Lipinski definition) is 2. The normalized spacial score (nSPS) is 10.9. The van der Waals surface area contributed by atoms with Gasteiger partial charge < -0.3 is 5.32 Å². The maximum Gasteiger partial charge on any atom is 0.127 e. The molecule has 19 heavy (non-hydrogen) atoms. The van der Waals surface area contributed by atoms with Gasteiger partial charge in [0.05, 0.1) is 5.69 Å². The number of aromatic nitrogens is 2. The van der Waals surface area contributed by atoms with Gasteiger partial charge in [0.15, 0.2) is 0 Å². The molecule has 0 saturated carbocycles. The van der Waals surface area contributed by atoms with E-state index in [1.165, 1.54) is 11.6 Å². The second-order valence-corrected chi connectivity index (χ2v) is 4.83. The summed E-state index contributed by atoms with van der Waals surface area (Å²) in [5, 5.41) is 7.67. The first kappa shape index (κ1) is 13.7. The molecule has 0 amide bonds. The Kier molecular flexibility index (Phi) is 4.32. The highest BCUT2D eigenvalue weighted by Crippen LogP contribution is 2.11. The molecule has 1 aromatic heterocycles. The summed E-state index contributed by atoms with van der Waals surface area (Å²) in [6, 6.07) is 5.19. The summed E-state index contributed by atoms with van der Waals surface area (Å²) in [5.41, 5.74) is 4.06. The number of aryl methyl sites for hydroxylation is 3. The summed E-state index contributed by atoms with van der Waals surface area (Å²) in [6.45, 7) is 5.31. The molecule has 1 N–H and O–H groups in total. The van der Waals surface area contributed by atoms with Crippen LogP contribution in [0.25, 0.3) is 0 Å². The Bertz CT molecular complexity index is 561. The van der Waals surface area contributed by atoms with Crippen molar-refractivity contribution in [1.82, 2.24) is 15.1 Å². The van der Waals surface area contributed by atoms with Gasteiger partial charge in [-0.05, 0) is 19.4 Å². The zero-order valence-corrected chi connectivity index (χ0v) is 11.7. The van der Waals surface area contributed by atoms with E-state index < -0.39 is 0 Å². The van der Waals surface area contributed by atoms with E-state index in [0.29, 0.717) is 18.7 Å². The second-order valence-electron chi connectivity index (χ2n) is 4.83. The topological polar surface area (TPSA) is 29.9 Å². The maximum atomic E-state index is 13.6. The standard InChI is InChI=1S/C15H20FN3/c1-4-15-13(10-19(3)18-15)9-17-8-12-7-11(2)5-6-14(12)16/h5-7,10,17H,4,8-9H2,1-3H3. The van der Waals surface area contributed by atoms with Crippen molar-refractivity contribution in [2.24, 2.45) is 7.05 Å². The van der Waals surface area contributed by atoms with E-state index in [1.54, 1.807) is 6.07 Å². The molecule has 0 atom stereocenters. The highest BCUT2D eigenvalue weighted by molar-refractivity contribution is 5.24. The summed E-state index contributed by atoms with van der Waals surface area (Å²) in [7, 11) is 1.92. The molecule has 0 aliphatic heterocycles. The van der Waals surface area contributed by atoms with Crippen LogP contribution in [0.15, 0.2) is 24.4 Å². The van der Waals surface area contributed by atoms with Crippen LogP contribution < -0.4 is 5.32 Å². The number of halogens is 1. The number of nitrogens with zero attached hydrogens (tertiary/aromatic N) is 2. The molecule has 102 valence electrons. The Balaban J connectivity index is 1.98. The van der Waals surface area contributed by atoms with Crippen LogP contribution in [0, 0.1) is 12.7 Å². The number of nitrogens with one attached hydrogen (secondary N) is 1. The van der Waals surface area contributed by atoms with E-state index in [-0.39, 0.29) is 5.82 Å². The largest absolute Gasteiger partial charge is 0.308 e. The zero-order chi connectivity index (χ0) is 13.8. The molecule has 2 rings (SSSR count). The molecular formula is C15H20FN3. The molecule has 0 bridgehead atoms. The van der Waals surface area contributed by atoms with Gasteiger partial charge in [0.25, 0.3) is 0 Å². The van der Waals surface area contributed by atoms with Crippen LogP contribution >= 0.6 is 0 Å². The molecule has 4 heteroatoms. The highest BCUT2D eigenvalue weighted by atomic mass is 19.1. The Morgan fingerprint density at radius 1 is 1.26 bits per heavy atom. The lowest BCUT2D eigenvalue weighted by Gasteiger charge is -2.07. The van der Waals surface area contributed by atoms with Crippen molar-refractivity contribution in [3.8, 4) is 0 Å². The van der Waals surface area contributed by atoms with Gasteiger partial charge in [-0.25, -0.2) is 4.39 Å². The van der Waals surface area contributed by atoms with Crippen LogP contribution in [0.3, 0.4) is 0 Å². The Morgan fingerprint density at radius 3 is 2.74 bits per heavy atom. The number of hydrogen-bond donors (Lipinski definition) is 1. The van der Waals surface area contributed by atoms with Gasteiger partial charge in [-0.15, -0.1) is 0 Å². The third kappa shape index (κ3) is 3.41. The number of benzene rings is 1. The molecule has 0 aliphatic rings. The molecule has 2 aromatic rings. The minimum atomic E-state index is -0.153. The van der Waals surface area contributed by atoms with E-state index in [1.807, 2.05) is 30.9 Å². The van der Waals surface area contributed by atoms with Gasteiger partial charge in [-0.2, -0.15) is 5.10 Å². The van der Waals surface area contributed by atoms with Crippen molar-refractivity contribution < 1.29 is 4.39 Å². The molecule has 0 spiro atoms. The van der Waals surface area contributed by atoms with Crippen molar-refractivity contribution in [2.45, 2.75) is 33.4 Å². The van der Waals surface area contributed by atoms with Crippen LogP contribution in [0.5, 0.6) is 0 Å². The summed E-state index contributed by atoms with van der Waals surface area (Å²) in [6.07, 6.45) is 2.93. The van der Waals surface area contributed by atoms with E-state index in [2.05, 4.69) is 17.3 Å². The fourth-order valence-corrected chi connectivity index (χ4v) is 2.20. The molecule has 0 fully saturated rings. The summed E-state index contributed by atoms with van der Waals surface area (Å²) in [4.78, 5) is 0. The average molecular weight is 261 g/mol. The minimum Gasteiger partial charge on any atom is -0.308 e. The SMILES string of the molecule is CCc1nn(C)cc1CNCc1cc(C)ccc1F. The van der Waals surface area contributed by atoms with Gasteiger partial charge in [0, 0.05) is 37.5 Å². The summed E-state index contributed by atoms with van der Waals surface area (Å²) in [5.74, 6) is -0.153. The lowest BCUT2D eigenvalue weighted by atomic mass is 10.1. The zero-order valence-electron chi connectivity index (χ0n) is 11.7. The van der Waals surface area contributed by atoms with Crippen LogP contribution in [0.4, 0.5) is 4.39 Å². The van der Waals surface area contributed by atoms with Gasteiger partial charge >= 0.3 is 0 Å². The molecule has 0 radical (unpaired) electrons. The lowest BCUT2D eigenvalue weighted by Crippen LogP contribution is -2.14. The molecule has 3 nitrogen and oxygen atoms in total. The predicted molar refractivity (Wildman–Crippen MR) is 74.3 cm³/mol. The molecular weight excluding hydrogens is 241 g/mol. The van der Waals surface area contributed by atoms with Crippen molar-refractivity contribution >= 4 is 0 Å². The van der Waals surface area contributed by atoms with Crippen molar-refractivity contribution in [2.75, 3.05) is 0 Å². The molecule has 0 saturated heterocycles. The van der Waals surface area contributed by atoms with Crippen LogP contribution in [0.1, 0.15) is 29.3 Å². The first-order valence-electron chi connectivity index (χ1n) is 6.57. The highest BCUT2D eigenvalue weighted by Gasteiger charge is 2.06. The Morgan fingerprint density at radius 2 is 2.00 bits per heavy atom. The first-order valence-corrected chi connectivity index (χ1v) is 6.57. The summed E-state index contributed by atoms with van der Waals surface area (Å²) >= 11 is 0.